The van der Waals surface area contributed by atoms with Crippen LogP contribution in [0.4, 0.5) is 5.69 Å². The minimum atomic E-state index is -0.538. The fraction of sp³-hybridized carbons (Fsp3) is 0.455. The lowest BCUT2D eigenvalue weighted by atomic mass is 9.80. The summed E-state index contributed by atoms with van der Waals surface area (Å²) in [5.41, 5.74) is 0.139. The van der Waals surface area contributed by atoms with Crippen LogP contribution < -0.4 is 0 Å². The van der Waals surface area contributed by atoms with Gasteiger partial charge >= 0.3 is 0 Å². The number of para-hydroxylation sites is 1. The SMILES string of the molecule is CCC(C)(CO)c1ccccc1[N+](=O)[O-]. The molecule has 0 aliphatic heterocycles. The minimum absolute atomic E-state index is 0.0795. The predicted octanol–water partition coefficient (Wildman–Crippen LogP) is 2.25. The molecule has 0 aromatic heterocycles. The zero-order chi connectivity index (χ0) is 11.5. The molecular weight excluding hydrogens is 194 g/mol. The van der Waals surface area contributed by atoms with Gasteiger partial charge < -0.3 is 5.11 Å². The van der Waals surface area contributed by atoms with Crippen molar-refractivity contribution in [3.8, 4) is 0 Å². The Hall–Kier alpha value is -1.42. The number of hydrogen-bond acceptors (Lipinski definition) is 3. The summed E-state index contributed by atoms with van der Waals surface area (Å²) in [6.07, 6.45) is 0.661. The van der Waals surface area contributed by atoms with E-state index in [4.69, 9.17) is 0 Å². The molecule has 0 saturated heterocycles. The molecule has 0 spiro atoms. The van der Waals surface area contributed by atoms with Crippen molar-refractivity contribution in [3.05, 3.63) is 39.9 Å². The molecule has 0 saturated carbocycles. The largest absolute Gasteiger partial charge is 0.395 e. The van der Waals surface area contributed by atoms with Gasteiger partial charge in [-0.2, -0.15) is 0 Å². The number of rotatable bonds is 4. The average molecular weight is 209 g/mol. The van der Waals surface area contributed by atoms with Gasteiger partial charge in [0.1, 0.15) is 0 Å². The highest BCUT2D eigenvalue weighted by molar-refractivity contribution is 5.44. The van der Waals surface area contributed by atoms with Crippen LogP contribution in [0, 0.1) is 10.1 Å². The lowest BCUT2D eigenvalue weighted by molar-refractivity contribution is -0.386. The van der Waals surface area contributed by atoms with Crippen LogP contribution in [0.3, 0.4) is 0 Å². The molecule has 0 aliphatic rings. The van der Waals surface area contributed by atoms with Crippen molar-refractivity contribution < 1.29 is 10.0 Å². The molecule has 0 amide bonds. The molecule has 82 valence electrons. The third-order valence-electron chi connectivity index (χ3n) is 2.88. The van der Waals surface area contributed by atoms with E-state index >= 15 is 0 Å². The summed E-state index contributed by atoms with van der Waals surface area (Å²) in [7, 11) is 0. The van der Waals surface area contributed by atoms with Crippen LogP contribution in [0.2, 0.25) is 0 Å². The normalized spacial score (nSPS) is 14.6. The highest BCUT2D eigenvalue weighted by Crippen LogP contribution is 2.33. The summed E-state index contributed by atoms with van der Waals surface area (Å²) in [6.45, 7) is 3.65. The van der Waals surface area contributed by atoms with Crippen LogP contribution in [0.15, 0.2) is 24.3 Å². The fourth-order valence-corrected chi connectivity index (χ4v) is 1.53. The van der Waals surface area contributed by atoms with Crippen molar-refractivity contribution in [1.82, 2.24) is 0 Å². The molecule has 0 fully saturated rings. The molecule has 4 nitrogen and oxygen atoms in total. The zero-order valence-corrected chi connectivity index (χ0v) is 8.93. The highest BCUT2D eigenvalue weighted by atomic mass is 16.6. The molecule has 1 aromatic carbocycles. The summed E-state index contributed by atoms with van der Waals surface area (Å²) < 4.78 is 0. The first kappa shape index (κ1) is 11.7. The van der Waals surface area contributed by atoms with Crippen LogP contribution >= 0.6 is 0 Å². The van der Waals surface area contributed by atoms with Gasteiger partial charge in [-0.25, -0.2) is 0 Å². The van der Waals surface area contributed by atoms with Gasteiger partial charge in [-0.1, -0.05) is 32.0 Å². The van der Waals surface area contributed by atoms with Crippen LogP contribution in [-0.2, 0) is 5.41 Å². The van der Waals surface area contributed by atoms with Gasteiger partial charge in [-0.3, -0.25) is 10.1 Å². The first-order valence-corrected chi connectivity index (χ1v) is 4.90. The Balaban J connectivity index is 3.29. The number of nitro benzene ring substituents is 1. The maximum atomic E-state index is 10.8. The van der Waals surface area contributed by atoms with Crippen molar-refractivity contribution in [2.75, 3.05) is 6.61 Å². The van der Waals surface area contributed by atoms with Gasteiger partial charge in [0.25, 0.3) is 5.69 Å². The second-order valence-corrected chi connectivity index (χ2v) is 3.85. The van der Waals surface area contributed by atoms with Crippen molar-refractivity contribution in [2.45, 2.75) is 25.7 Å². The van der Waals surface area contributed by atoms with E-state index < -0.39 is 10.3 Å². The molecule has 1 atom stereocenters. The summed E-state index contributed by atoms with van der Waals surface area (Å²) >= 11 is 0. The van der Waals surface area contributed by atoms with Crippen LogP contribution in [0.5, 0.6) is 0 Å². The van der Waals surface area contributed by atoms with Crippen LogP contribution in [0.25, 0.3) is 0 Å². The molecule has 0 heterocycles. The first-order chi connectivity index (χ1) is 7.05. The van der Waals surface area contributed by atoms with Gasteiger partial charge in [-0.15, -0.1) is 0 Å². The number of hydrogen-bond donors (Lipinski definition) is 1. The van der Waals surface area contributed by atoms with Crippen molar-refractivity contribution in [1.29, 1.82) is 0 Å². The summed E-state index contributed by atoms with van der Waals surface area (Å²) in [6, 6.07) is 6.57. The van der Waals surface area contributed by atoms with E-state index in [2.05, 4.69) is 0 Å². The molecule has 0 bridgehead atoms. The third-order valence-corrected chi connectivity index (χ3v) is 2.88. The van der Waals surface area contributed by atoms with Gasteiger partial charge in [-0.05, 0) is 6.42 Å². The van der Waals surface area contributed by atoms with Gasteiger partial charge in [0.15, 0.2) is 0 Å². The number of aliphatic hydroxyl groups is 1. The highest BCUT2D eigenvalue weighted by Gasteiger charge is 2.30. The second-order valence-electron chi connectivity index (χ2n) is 3.85. The Labute approximate surface area is 88.7 Å². The minimum Gasteiger partial charge on any atom is -0.395 e. The van der Waals surface area contributed by atoms with Gasteiger partial charge in [0.2, 0.25) is 0 Å². The maximum Gasteiger partial charge on any atom is 0.273 e. The summed E-state index contributed by atoms with van der Waals surface area (Å²) in [4.78, 5) is 10.4. The number of aliphatic hydroxyl groups excluding tert-OH is 1. The summed E-state index contributed by atoms with van der Waals surface area (Å²) in [5, 5.41) is 20.1. The molecule has 1 N–H and O–H groups in total. The fourth-order valence-electron chi connectivity index (χ4n) is 1.53. The Kier molecular flexibility index (Phi) is 3.42. The van der Waals surface area contributed by atoms with E-state index in [1.54, 1.807) is 18.2 Å². The molecule has 1 unspecified atom stereocenters. The third kappa shape index (κ3) is 2.15. The first-order valence-electron chi connectivity index (χ1n) is 4.90. The smallest absolute Gasteiger partial charge is 0.273 e. The van der Waals surface area contributed by atoms with E-state index in [-0.39, 0.29) is 12.3 Å². The molecule has 4 heteroatoms. The Morgan fingerprint density at radius 3 is 2.53 bits per heavy atom. The molecule has 0 radical (unpaired) electrons. The van der Waals surface area contributed by atoms with Crippen molar-refractivity contribution in [3.63, 3.8) is 0 Å². The molecule has 1 aromatic rings. The lowest BCUT2D eigenvalue weighted by Gasteiger charge is -2.25. The van der Waals surface area contributed by atoms with E-state index in [1.807, 2.05) is 13.8 Å². The lowest BCUT2D eigenvalue weighted by Crippen LogP contribution is -2.26. The molecular formula is C11H15NO3. The molecule has 0 aliphatic carbocycles. The van der Waals surface area contributed by atoms with E-state index in [0.717, 1.165) is 0 Å². The number of benzene rings is 1. The summed E-state index contributed by atoms with van der Waals surface area (Å²) in [5.74, 6) is 0. The second kappa shape index (κ2) is 4.40. The van der Waals surface area contributed by atoms with E-state index in [9.17, 15) is 15.2 Å². The Bertz CT molecular complexity index is 359. The standard InChI is InChI=1S/C11H15NO3/c1-3-11(2,8-13)9-6-4-5-7-10(9)12(14)15/h4-7,13H,3,8H2,1-2H3. The number of nitro groups is 1. The zero-order valence-electron chi connectivity index (χ0n) is 8.93. The van der Waals surface area contributed by atoms with E-state index in [0.29, 0.717) is 12.0 Å². The molecule has 15 heavy (non-hydrogen) atoms. The van der Waals surface area contributed by atoms with Gasteiger partial charge in [0.05, 0.1) is 11.5 Å². The Morgan fingerprint density at radius 2 is 2.07 bits per heavy atom. The maximum absolute atomic E-state index is 10.8. The van der Waals surface area contributed by atoms with Crippen molar-refractivity contribution >= 4 is 5.69 Å². The predicted molar refractivity (Wildman–Crippen MR) is 57.8 cm³/mol. The van der Waals surface area contributed by atoms with Crippen LogP contribution in [-0.4, -0.2) is 16.6 Å². The topological polar surface area (TPSA) is 63.4 Å². The molecule has 1 rings (SSSR count). The average Bonchev–Trinajstić information content (AvgIpc) is 2.28. The van der Waals surface area contributed by atoms with Crippen LogP contribution in [0.1, 0.15) is 25.8 Å². The van der Waals surface area contributed by atoms with E-state index in [1.165, 1.54) is 6.07 Å². The monoisotopic (exact) mass is 209 g/mol. The quantitative estimate of drug-likeness (QED) is 0.611. The Morgan fingerprint density at radius 1 is 1.47 bits per heavy atom. The number of nitrogens with zero attached hydrogens (tertiary/aromatic N) is 1. The van der Waals surface area contributed by atoms with Crippen molar-refractivity contribution in [2.24, 2.45) is 0 Å². The van der Waals surface area contributed by atoms with Gasteiger partial charge in [0, 0.05) is 17.0 Å².